The van der Waals surface area contributed by atoms with Crippen LogP contribution in [0.25, 0.3) is 0 Å². The molecule has 0 amide bonds. The minimum absolute atomic E-state index is 0.373. The van der Waals surface area contributed by atoms with Crippen molar-refractivity contribution in [2.75, 3.05) is 14.2 Å². The van der Waals surface area contributed by atoms with Crippen molar-refractivity contribution in [3.05, 3.63) is 0 Å². The summed E-state index contributed by atoms with van der Waals surface area (Å²) in [6, 6.07) is 0. The van der Waals surface area contributed by atoms with Crippen molar-refractivity contribution in [3.8, 4) is 0 Å². The zero-order valence-electron chi connectivity index (χ0n) is 8.47. The van der Waals surface area contributed by atoms with Crippen LogP contribution in [0.4, 0.5) is 0 Å². The van der Waals surface area contributed by atoms with Crippen LogP contribution in [0, 0.1) is 11.8 Å². The maximum absolute atomic E-state index is 5.39. The fourth-order valence-electron chi connectivity index (χ4n) is 1.69. The van der Waals surface area contributed by atoms with Crippen LogP contribution in [-0.2, 0) is 9.47 Å². The van der Waals surface area contributed by atoms with Gasteiger partial charge < -0.3 is 9.47 Å². The van der Waals surface area contributed by atoms with Crippen molar-refractivity contribution >= 4 is 0 Å². The normalized spacial score (nSPS) is 13.1. The zero-order valence-corrected chi connectivity index (χ0v) is 8.47. The van der Waals surface area contributed by atoms with E-state index in [0.717, 1.165) is 0 Å². The van der Waals surface area contributed by atoms with Gasteiger partial charge in [-0.05, 0) is 0 Å². The maximum atomic E-state index is 5.39. The molecule has 0 aliphatic rings. The predicted molar refractivity (Wildman–Crippen MR) is 46.4 cm³/mol. The summed E-state index contributed by atoms with van der Waals surface area (Å²) in [6.07, 6.45) is 0. The highest BCUT2D eigenvalue weighted by atomic mass is 16.7. The summed E-state index contributed by atoms with van der Waals surface area (Å²) in [5, 5.41) is 0. The Morgan fingerprint density at radius 3 is 1.09 bits per heavy atom. The molecule has 0 aliphatic heterocycles. The van der Waals surface area contributed by atoms with Gasteiger partial charge in [0.05, 0.1) is 0 Å². The van der Waals surface area contributed by atoms with Crippen LogP contribution in [0.15, 0.2) is 0 Å². The molecule has 0 unspecified atom stereocenters. The van der Waals surface area contributed by atoms with Gasteiger partial charge in [0.1, 0.15) is 0 Å². The highest BCUT2D eigenvalue weighted by Crippen LogP contribution is 2.30. The summed E-state index contributed by atoms with van der Waals surface area (Å²) < 4.78 is 10.8. The molecule has 0 aromatic rings. The number of methoxy groups -OCH3 is 2. The van der Waals surface area contributed by atoms with Crippen LogP contribution >= 0.6 is 0 Å². The van der Waals surface area contributed by atoms with Crippen LogP contribution < -0.4 is 0 Å². The molecule has 0 saturated carbocycles. The second-order valence-corrected chi connectivity index (χ2v) is 3.44. The van der Waals surface area contributed by atoms with Gasteiger partial charge in [-0.25, -0.2) is 0 Å². The Morgan fingerprint density at radius 2 is 1.09 bits per heavy atom. The second kappa shape index (κ2) is 4.07. The molecular formula is C9H20O2. The van der Waals surface area contributed by atoms with E-state index in [1.54, 1.807) is 14.2 Å². The smallest absolute Gasteiger partial charge is 0.172 e. The average Bonchev–Trinajstić information content (AvgIpc) is 1.90. The molecule has 2 heteroatoms. The van der Waals surface area contributed by atoms with Gasteiger partial charge >= 0.3 is 0 Å². The van der Waals surface area contributed by atoms with Gasteiger partial charge in [0.15, 0.2) is 5.79 Å². The van der Waals surface area contributed by atoms with Crippen LogP contribution in [-0.4, -0.2) is 20.0 Å². The standard InChI is InChI=1S/C9H20O2/c1-7(2)9(10-5,11-6)8(3)4/h7-8H,1-6H3. The molecule has 0 rings (SSSR count). The van der Waals surface area contributed by atoms with Gasteiger partial charge in [0, 0.05) is 26.1 Å². The molecule has 68 valence electrons. The Kier molecular flexibility index (Phi) is 4.04. The molecule has 2 nitrogen and oxygen atoms in total. The van der Waals surface area contributed by atoms with Crippen LogP contribution in [0.2, 0.25) is 0 Å². The van der Waals surface area contributed by atoms with Crippen molar-refractivity contribution in [1.29, 1.82) is 0 Å². The van der Waals surface area contributed by atoms with Gasteiger partial charge in [-0.2, -0.15) is 0 Å². The molecule has 0 saturated heterocycles. The van der Waals surface area contributed by atoms with Crippen molar-refractivity contribution in [3.63, 3.8) is 0 Å². The molecule has 0 radical (unpaired) electrons. The predicted octanol–water partition coefficient (Wildman–Crippen LogP) is 2.29. The lowest BCUT2D eigenvalue weighted by molar-refractivity contribution is -0.258. The molecule has 0 N–H and O–H groups in total. The summed E-state index contributed by atoms with van der Waals surface area (Å²) >= 11 is 0. The Labute approximate surface area is 69.9 Å². The number of ether oxygens (including phenoxy) is 2. The summed E-state index contributed by atoms with van der Waals surface area (Å²) in [7, 11) is 3.40. The van der Waals surface area contributed by atoms with Crippen molar-refractivity contribution in [1.82, 2.24) is 0 Å². The van der Waals surface area contributed by atoms with E-state index in [0.29, 0.717) is 11.8 Å². The van der Waals surface area contributed by atoms with Crippen molar-refractivity contribution in [2.45, 2.75) is 33.5 Å². The lowest BCUT2D eigenvalue weighted by Gasteiger charge is -2.38. The van der Waals surface area contributed by atoms with Gasteiger partial charge in [-0.1, -0.05) is 27.7 Å². The van der Waals surface area contributed by atoms with E-state index < -0.39 is 5.79 Å². The molecule has 0 aromatic carbocycles. The van der Waals surface area contributed by atoms with E-state index in [1.165, 1.54) is 0 Å². The minimum atomic E-state index is -0.417. The Bertz CT molecular complexity index is 94.1. The van der Waals surface area contributed by atoms with Crippen LogP contribution in [0.5, 0.6) is 0 Å². The SMILES string of the molecule is COC(OC)(C(C)C)C(C)C. The topological polar surface area (TPSA) is 18.5 Å². The first-order chi connectivity index (χ1) is 5.01. The molecule has 0 aromatic heterocycles. The average molecular weight is 160 g/mol. The number of hydrogen-bond acceptors (Lipinski definition) is 2. The third kappa shape index (κ3) is 1.94. The van der Waals surface area contributed by atoms with Crippen molar-refractivity contribution in [2.24, 2.45) is 11.8 Å². The first kappa shape index (κ1) is 10.9. The molecule has 0 heterocycles. The first-order valence-corrected chi connectivity index (χ1v) is 4.11. The number of hydrogen-bond donors (Lipinski definition) is 0. The maximum Gasteiger partial charge on any atom is 0.172 e. The highest BCUT2D eigenvalue weighted by molar-refractivity contribution is 4.76. The summed E-state index contributed by atoms with van der Waals surface area (Å²) in [4.78, 5) is 0. The summed E-state index contributed by atoms with van der Waals surface area (Å²) in [5.41, 5.74) is 0. The minimum Gasteiger partial charge on any atom is -0.353 e. The third-order valence-corrected chi connectivity index (χ3v) is 2.25. The van der Waals surface area contributed by atoms with E-state index in [2.05, 4.69) is 27.7 Å². The molecule has 0 atom stereocenters. The largest absolute Gasteiger partial charge is 0.353 e. The van der Waals surface area contributed by atoms with E-state index in [1.807, 2.05) is 0 Å². The Balaban J connectivity index is 4.46. The molecule has 0 spiro atoms. The fourth-order valence-corrected chi connectivity index (χ4v) is 1.69. The molecule has 11 heavy (non-hydrogen) atoms. The van der Waals surface area contributed by atoms with Crippen LogP contribution in [0.3, 0.4) is 0 Å². The van der Waals surface area contributed by atoms with Gasteiger partial charge in [-0.15, -0.1) is 0 Å². The van der Waals surface area contributed by atoms with Crippen LogP contribution in [0.1, 0.15) is 27.7 Å². The zero-order chi connectivity index (χ0) is 9.07. The van der Waals surface area contributed by atoms with Gasteiger partial charge in [-0.3, -0.25) is 0 Å². The molecule has 0 fully saturated rings. The van der Waals surface area contributed by atoms with E-state index in [4.69, 9.17) is 9.47 Å². The summed E-state index contributed by atoms with van der Waals surface area (Å²) in [5.74, 6) is 0.329. The Hall–Kier alpha value is -0.0800. The van der Waals surface area contributed by atoms with E-state index in [9.17, 15) is 0 Å². The number of rotatable bonds is 4. The monoisotopic (exact) mass is 160 g/mol. The third-order valence-electron chi connectivity index (χ3n) is 2.25. The van der Waals surface area contributed by atoms with Crippen molar-refractivity contribution < 1.29 is 9.47 Å². The molecule has 0 bridgehead atoms. The lowest BCUT2D eigenvalue weighted by Crippen LogP contribution is -2.44. The quantitative estimate of drug-likeness (QED) is 0.587. The van der Waals surface area contributed by atoms with Gasteiger partial charge in [0.25, 0.3) is 0 Å². The van der Waals surface area contributed by atoms with E-state index >= 15 is 0 Å². The highest BCUT2D eigenvalue weighted by Gasteiger charge is 2.36. The fraction of sp³-hybridized carbons (Fsp3) is 1.00. The van der Waals surface area contributed by atoms with E-state index in [-0.39, 0.29) is 0 Å². The second-order valence-electron chi connectivity index (χ2n) is 3.44. The lowest BCUT2D eigenvalue weighted by atomic mass is 9.91. The Morgan fingerprint density at radius 1 is 0.818 bits per heavy atom. The molecule has 0 aliphatic carbocycles. The molecular weight excluding hydrogens is 140 g/mol. The first-order valence-electron chi connectivity index (χ1n) is 4.11. The van der Waals surface area contributed by atoms with Gasteiger partial charge in [0.2, 0.25) is 0 Å². The summed E-state index contributed by atoms with van der Waals surface area (Å²) in [6.45, 7) is 8.42.